The van der Waals surface area contributed by atoms with Gasteiger partial charge in [0, 0.05) is 11.8 Å². The number of carbonyl (C=O) groups excluding carboxylic acids is 4. The second-order valence-electron chi connectivity index (χ2n) is 6.30. The van der Waals surface area contributed by atoms with E-state index in [1.165, 1.54) is 6.92 Å². The van der Waals surface area contributed by atoms with Gasteiger partial charge in [-0.15, -0.1) is 0 Å². The Bertz CT molecular complexity index is 663. The summed E-state index contributed by atoms with van der Waals surface area (Å²) in [4.78, 5) is 49.1. The van der Waals surface area contributed by atoms with Gasteiger partial charge in [0.2, 0.25) is 5.91 Å². The maximum Gasteiger partial charge on any atom is 0.408 e. The first kappa shape index (κ1) is 20.8. The van der Waals surface area contributed by atoms with E-state index in [4.69, 9.17) is 4.74 Å². The van der Waals surface area contributed by atoms with Crippen LogP contribution in [0.15, 0.2) is 10.6 Å². The number of amides is 3. The van der Waals surface area contributed by atoms with Crippen molar-refractivity contribution in [1.82, 2.24) is 10.2 Å². The molecule has 0 aromatic heterocycles. The number of rotatable bonds is 2. The molecule has 1 aliphatic rings. The highest BCUT2D eigenvalue weighted by Gasteiger charge is 2.40. The Morgan fingerprint density at radius 3 is 2.28 bits per heavy atom. The Balaban J connectivity index is 3.24. The SMILES string of the molecule is COC(=O)C1=C(C)S(=O)C[C@H](NC(=O)OC(C)(C)C)C(=O)N1C(C)=O. The third-order valence-electron chi connectivity index (χ3n) is 3.12. The number of hydrogen-bond acceptors (Lipinski definition) is 7. The summed E-state index contributed by atoms with van der Waals surface area (Å²) in [6.45, 7) is 7.36. The fourth-order valence-electron chi connectivity index (χ4n) is 2.08. The molecule has 0 bridgehead atoms. The minimum Gasteiger partial charge on any atom is -0.464 e. The van der Waals surface area contributed by atoms with Crippen LogP contribution in [0.25, 0.3) is 0 Å². The van der Waals surface area contributed by atoms with E-state index in [0.29, 0.717) is 4.90 Å². The summed E-state index contributed by atoms with van der Waals surface area (Å²) in [7, 11) is -0.709. The van der Waals surface area contributed by atoms with Crippen molar-refractivity contribution in [2.45, 2.75) is 46.3 Å². The van der Waals surface area contributed by atoms with Crippen LogP contribution in [0.3, 0.4) is 0 Å². The van der Waals surface area contributed by atoms with Gasteiger partial charge < -0.3 is 14.8 Å². The van der Waals surface area contributed by atoms with E-state index < -0.39 is 52.0 Å². The van der Waals surface area contributed by atoms with Crippen LogP contribution in [-0.2, 0) is 34.7 Å². The largest absolute Gasteiger partial charge is 0.464 e. The molecule has 1 unspecified atom stereocenters. The Labute approximate surface area is 148 Å². The molecule has 1 aliphatic heterocycles. The Morgan fingerprint density at radius 1 is 1.28 bits per heavy atom. The van der Waals surface area contributed by atoms with Crippen molar-refractivity contribution >= 4 is 34.7 Å². The van der Waals surface area contributed by atoms with E-state index >= 15 is 0 Å². The lowest BCUT2D eigenvalue weighted by Gasteiger charge is -2.25. The molecular formula is C15H22N2O7S. The average Bonchev–Trinajstić information content (AvgIpc) is 2.55. The molecule has 0 spiro atoms. The highest BCUT2D eigenvalue weighted by Crippen LogP contribution is 2.22. The standard InChI is InChI=1S/C15H22N2O7S/c1-8-11(13(20)23-6)17(9(2)18)12(19)10(7-25(8)22)16-14(21)24-15(3,4)5/h10H,7H2,1-6H3,(H,16,21)/t10-,25?/m0/s1. The number of alkyl carbamates (subject to hydrolysis) is 1. The molecule has 1 rings (SSSR count). The number of carbonyl (C=O) groups is 4. The minimum atomic E-state index is -1.79. The van der Waals surface area contributed by atoms with Gasteiger partial charge in [0.25, 0.3) is 5.91 Å². The predicted molar refractivity (Wildman–Crippen MR) is 88.4 cm³/mol. The molecule has 1 N–H and O–H groups in total. The summed E-state index contributed by atoms with van der Waals surface area (Å²) in [5, 5.41) is 2.30. The molecule has 0 fully saturated rings. The smallest absolute Gasteiger partial charge is 0.408 e. The quantitative estimate of drug-likeness (QED) is 0.696. The van der Waals surface area contributed by atoms with Gasteiger partial charge in [-0.05, 0) is 27.7 Å². The lowest BCUT2D eigenvalue weighted by atomic mass is 10.2. The number of nitrogens with zero attached hydrogens (tertiary/aromatic N) is 1. The van der Waals surface area contributed by atoms with Crippen molar-refractivity contribution in [2.75, 3.05) is 12.9 Å². The number of esters is 1. The van der Waals surface area contributed by atoms with Crippen molar-refractivity contribution in [3.05, 3.63) is 10.6 Å². The van der Waals surface area contributed by atoms with Crippen molar-refractivity contribution in [1.29, 1.82) is 0 Å². The molecular weight excluding hydrogens is 352 g/mol. The van der Waals surface area contributed by atoms with Gasteiger partial charge in [0.05, 0.1) is 23.7 Å². The second-order valence-corrected chi connectivity index (χ2v) is 7.94. The van der Waals surface area contributed by atoms with Gasteiger partial charge in [-0.2, -0.15) is 0 Å². The molecule has 9 nitrogen and oxygen atoms in total. The van der Waals surface area contributed by atoms with E-state index in [-0.39, 0.29) is 10.7 Å². The third kappa shape index (κ3) is 5.12. The molecule has 0 saturated carbocycles. The Hall–Kier alpha value is -2.23. The maximum atomic E-state index is 12.7. The fraction of sp³-hybridized carbons (Fsp3) is 0.600. The first-order chi connectivity index (χ1) is 11.4. The van der Waals surface area contributed by atoms with Crippen LogP contribution in [0.4, 0.5) is 4.79 Å². The summed E-state index contributed by atoms with van der Waals surface area (Å²) < 4.78 is 22.1. The first-order valence-electron chi connectivity index (χ1n) is 7.40. The van der Waals surface area contributed by atoms with Gasteiger partial charge in [-0.1, -0.05) is 0 Å². The van der Waals surface area contributed by atoms with Crippen LogP contribution in [0.5, 0.6) is 0 Å². The summed E-state index contributed by atoms with van der Waals surface area (Å²) >= 11 is 0. The molecule has 10 heteroatoms. The monoisotopic (exact) mass is 374 g/mol. The molecule has 3 amide bonds. The molecule has 1 heterocycles. The van der Waals surface area contributed by atoms with Gasteiger partial charge in [-0.25, -0.2) is 14.5 Å². The van der Waals surface area contributed by atoms with Crippen LogP contribution in [-0.4, -0.2) is 57.5 Å². The highest BCUT2D eigenvalue weighted by atomic mass is 32.2. The van der Waals surface area contributed by atoms with Crippen LogP contribution < -0.4 is 5.32 Å². The number of imide groups is 1. The summed E-state index contributed by atoms with van der Waals surface area (Å²) in [6, 6.07) is -1.29. The van der Waals surface area contributed by atoms with Gasteiger partial charge in [0.1, 0.15) is 17.3 Å². The number of allylic oxidation sites excluding steroid dienone is 1. The summed E-state index contributed by atoms with van der Waals surface area (Å²) in [5.74, 6) is -2.91. The number of methoxy groups -OCH3 is 1. The number of hydrogen-bond donors (Lipinski definition) is 1. The van der Waals surface area contributed by atoms with Gasteiger partial charge >= 0.3 is 12.1 Å². The van der Waals surface area contributed by atoms with Gasteiger partial charge in [0.15, 0.2) is 0 Å². The zero-order valence-corrected chi connectivity index (χ0v) is 15.8. The molecule has 25 heavy (non-hydrogen) atoms. The molecule has 0 saturated heterocycles. The van der Waals surface area contributed by atoms with Crippen LogP contribution in [0, 0.1) is 0 Å². The Morgan fingerprint density at radius 2 is 1.84 bits per heavy atom. The van der Waals surface area contributed by atoms with E-state index in [1.807, 2.05) is 0 Å². The molecule has 2 atom stereocenters. The molecule has 0 aromatic rings. The fourth-order valence-corrected chi connectivity index (χ4v) is 3.25. The van der Waals surface area contributed by atoms with E-state index in [2.05, 4.69) is 10.1 Å². The van der Waals surface area contributed by atoms with E-state index in [1.54, 1.807) is 20.8 Å². The molecule has 0 radical (unpaired) electrons. The lowest BCUT2D eigenvalue weighted by molar-refractivity contribution is -0.149. The lowest BCUT2D eigenvalue weighted by Crippen LogP contribution is -2.52. The van der Waals surface area contributed by atoms with E-state index in [0.717, 1.165) is 14.0 Å². The van der Waals surface area contributed by atoms with Crippen LogP contribution in [0.2, 0.25) is 0 Å². The van der Waals surface area contributed by atoms with Gasteiger partial charge in [-0.3, -0.25) is 13.8 Å². The number of ether oxygens (including phenoxy) is 2. The summed E-state index contributed by atoms with van der Waals surface area (Å²) in [5.41, 5.74) is -1.20. The normalized spacial score (nSPS) is 21.5. The third-order valence-corrected chi connectivity index (χ3v) is 4.63. The minimum absolute atomic E-state index is 0.0175. The second kappa shape index (κ2) is 7.77. The zero-order valence-electron chi connectivity index (χ0n) is 15.0. The van der Waals surface area contributed by atoms with Crippen molar-refractivity contribution < 1.29 is 32.9 Å². The van der Waals surface area contributed by atoms with Crippen LogP contribution >= 0.6 is 0 Å². The summed E-state index contributed by atoms with van der Waals surface area (Å²) in [6.07, 6.45) is -0.898. The van der Waals surface area contributed by atoms with Crippen LogP contribution in [0.1, 0.15) is 34.6 Å². The highest BCUT2D eigenvalue weighted by molar-refractivity contribution is 7.89. The molecule has 140 valence electrons. The van der Waals surface area contributed by atoms with Crippen molar-refractivity contribution in [2.24, 2.45) is 0 Å². The predicted octanol–water partition coefficient (Wildman–Crippen LogP) is 0.422. The van der Waals surface area contributed by atoms with E-state index in [9.17, 15) is 23.4 Å². The van der Waals surface area contributed by atoms with Crippen molar-refractivity contribution in [3.8, 4) is 0 Å². The maximum absolute atomic E-state index is 12.7. The average molecular weight is 374 g/mol. The topological polar surface area (TPSA) is 119 Å². The first-order valence-corrected chi connectivity index (χ1v) is 8.72. The molecule has 0 aliphatic carbocycles. The zero-order chi connectivity index (χ0) is 19.5. The number of nitrogens with one attached hydrogen (secondary N) is 1. The Kier molecular flexibility index (Phi) is 6.47. The molecule has 0 aromatic carbocycles. The van der Waals surface area contributed by atoms with Crippen molar-refractivity contribution in [3.63, 3.8) is 0 Å².